The third-order valence-corrected chi connectivity index (χ3v) is 2.80. The Hall–Kier alpha value is -3.04. The quantitative estimate of drug-likeness (QED) is 0.665. The van der Waals surface area contributed by atoms with Crippen molar-refractivity contribution < 1.29 is 0 Å². The van der Waals surface area contributed by atoms with Crippen LogP contribution in [0.15, 0.2) is 25.0 Å². The summed E-state index contributed by atoms with van der Waals surface area (Å²) in [6.45, 7) is 0.507. The summed E-state index contributed by atoms with van der Waals surface area (Å²) in [5.74, 6) is 2.14. The number of hydrogen-bond acceptors (Lipinski definition) is 8. The Morgan fingerprint density at radius 2 is 2.05 bits per heavy atom. The van der Waals surface area contributed by atoms with Crippen LogP contribution in [0.2, 0.25) is 0 Å². The predicted molar refractivity (Wildman–Crippen MR) is 74.8 cm³/mol. The van der Waals surface area contributed by atoms with E-state index in [0.29, 0.717) is 24.4 Å². The van der Waals surface area contributed by atoms with Gasteiger partial charge in [0.05, 0.1) is 6.54 Å². The van der Waals surface area contributed by atoms with Crippen LogP contribution in [0.25, 0.3) is 5.95 Å². The van der Waals surface area contributed by atoms with Gasteiger partial charge >= 0.3 is 0 Å². The second kappa shape index (κ2) is 5.53. The van der Waals surface area contributed by atoms with Gasteiger partial charge in [-0.2, -0.15) is 24.7 Å². The molecule has 10 nitrogen and oxygen atoms in total. The van der Waals surface area contributed by atoms with Gasteiger partial charge in [0.25, 0.3) is 5.95 Å². The lowest BCUT2D eigenvalue weighted by molar-refractivity contribution is 0.783. The van der Waals surface area contributed by atoms with Crippen LogP contribution in [-0.2, 0) is 13.6 Å². The molecular formula is C11H14N10. The monoisotopic (exact) mass is 286 g/mol. The number of imidazole rings is 1. The Morgan fingerprint density at radius 3 is 2.71 bits per heavy atom. The van der Waals surface area contributed by atoms with E-state index in [2.05, 4.69) is 40.7 Å². The van der Waals surface area contributed by atoms with Gasteiger partial charge in [0, 0.05) is 26.5 Å². The fourth-order valence-corrected chi connectivity index (χ4v) is 1.69. The van der Waals surface area contributed by atoms with Crippen LogP contribution in [0.3, 0.4) is 0 Å². The first-order chi connectivity index (χ1) is 10.3. The molecule has 3 aromatic heterocycles. The molecular weight excluding hydrogens is 272 g/mol. The Morgan fingerprint density at radius 1 is 1.19 bits per heavy atom. The molecule has 0 aromatic carbocycles. The predicted octanol–water partition coefficient (Wildman–Crippen LogP) is -0.160. The Bertz CT molecular complexity index is 716. The van der Waals surface area contributed by atoms with Crippen molar-refractivity contribution in [3.8, 4) is 5.95 Å². The van der Waals surface area contributed by atoms with Crippen LogP contribution >= 0.6 is 0 Å². The van der Waals surface area contributed by atoms with Crippen molar-refractivity contribution >= 4 is 11.9 Å². The van der Waals surface area contributed by atoms with Crippen molar-refractivity contribution in [2.24, 2.45) is 7.05 Å². The lowest BCUT2D eigenvalue weighted by atomic mass is 10.6. The molecule has 0 spiro atoms. The second-order valence-electron chi connectivity index (χ2n) is 4.18. The Labute approximate surface area is 120 Å². The van der Waals surface area contributed by atoms with Gasteiger partial charge in [0.2, 0.25) is 11.9 Å². The first kappa shape index (κ1) is 13.0. The standard InChI is InChI=1S/C11H14N10/c1-12-9-17-10(15-5-8-14-3-4-20(8)2)19-11(18-9)21-7-13-6-16-21/h3-4,6-7H,5H2,1-2H3,(H2,12,15,17,18,19). The number of rotatable bonds is 5. The summed E-state index contributed by atoms with van der Waals surface area (Å²) in [6.07, 6.45) is 6.57. The maximum absolute atomic E-state index is 4.30. The molecule has 0 radical (unpaired) electrons. The average Bonchev–Trinajstić information content (AvgIpc) is 3.16. The van der Waals surface area contributed by atoms with Crippen LogP contribution in [-0.4, -0.2) is 46.3 Å². The van der Waals surface area contributed by atoms with Crippen molar-refractivity contribution in [3.63, 3.8) is 0 Å². The maximum atomic E-state index is 4.30. The molecule has 2 N–H and O–H groups in total. The van der Waals surface area contributed by atoms with Crippen LogP contribution in [0.1, 0.15) is 5.82 Å². The lowest BCUT2D eigenvalue weighted by Gasteiger charge is -2.08. The van der Waals surface area contributed by atoms with E-state index in [0.717, 1.165) is 5.82 Å². The summed E-state index contributed by atoms with van der Waals surface area (Å²) in [4.78, 5) is 20.9. The number of aromatic nitrogens is 8. The van der Waals surface area contributed by atoms with E-state index in [-0.39, 0.29) is 0 Å². The smallest absolute Gasteiger partial charge is 0.258 e. The van der Waals surface area contributed by atoms with Gasteiger partial charge in [0.15, 0.2) is 0 Å². The van der Waals surface area contributed by atoms with Crippen molar-refractivity contribution in [1.82, 2.24) is 39.3 Å². The van der Waals surface area contributed by atoms with Crippen molar-refractivity contribution in [1.29, 1.82) is 0 Å². The minimum absolute atomic E-state index is 0.384. The summed E-state index contributed by atoms with van der Waals surface area (Å²) in [5, 5.41) is 10.0. The van der Waals surface area contributed by atoms with Gasteiger partial charge in [-0.1, -0.05) is 0 Å². The minimum Gasteiger partial charge on any atom is -0.357 e. The molecule has 0 aliphatic rings. The molecule has 3 aromatic rings. The lowest BCUT2D eigenvalue weighted by Crippen LogP contribution is -2.13. The van der Waals surface area contributed by atoms with Gasteiger partial charge in [0.1, 0.15) is 18.5 Å². The average molecular weight is 286 g/mol. The zero-order valence-corrected chi connectivity index (χ0v) is 11.6. The molecule has 0 atom stereocenters. The van der Waals surface area contributed by atoms with Crippen molar-refractivity contribution in [2.45, 2.75) is 6.54 Å². The van der Waals surface area contributed by atoms with E-state index in [1.807, 2.05) is 17.8 Å². The van der Waals surface area contributed by atoms with Crippen LogP contribution in [0, 0.1) is 0 Å². The number of hydrogen-bond donors (Lipinski definition) is 2. The summed E-state index contributed by atoms with van der Waals surface area (Å²) in [5.41, 5.74) is 0. The van der Waals surface area contributed by atoms with Gasteiger partial charge in [-0.3, -0.25) is 0 Å². The summed E-state index contributed by atoms with van der Waals surface area (Å²) in [6, 6.07) is 0. The Kier molecular flexibility index (Phi) is 3.41. The molecule has 3 heterocycles. The molecule has 108 valence electrons. The molecule has 0 saturated carbocycles. The number of anilines is 2. The van der Waals surface area contributed by atoms with Gasteiger partial charge in [-0.15, -0.1) is 0 Å². The number of nitrogens with one attached hydrogen (secondary N) is 2. The molecule has 0 amide bonds. The Balaban J connectivity index is 1.84. The molecule has 0 bridgehead atoms. The van der Waals surface area contributed by atoms with Crippen LogP contribution in [0.5, 0.6) is 0 Å². The molecule has 0 fully saturated rings. The van der Waals surface area contributed by atoms with E-state index >= 15 is 0 Å². The molecule has 0 unspecified atom stereocenters. The largest absolute Gasteiger partial charge is 0.357 e. The molecule has 0 aliphatic carbocycles. The first-order valence-corrected chi connectivity index (χ1v) is 6.25. The van der Waals surface area contributed by atoms with Crippen LogP contribution < -0.4 is 10.6 Å². The van der Waals surface area contributed by atoms with Gasteiger partial charge < -0.3 is 15.2 Å². The molecule has 21 heavy (non-hydrogen) atoms. The molecule has 0 saturated heterocycles. The fraction of sp³-hybridized carbons (Fsp3) is 0.273. The van der Waals surface area contributed by atoms with E-state index in [1.165, 1.54) is 17.3 Å². The minimum atomic E-state index is 0.384. The van der Waals surface area contributed by atoms with Gasteiger partial charge in [-0.05, 0) is 0 Å². The molecule has 10 heteroatoms. The number of nitrogens with zero attached hydrogens (tertiary/aromatic N) is 8. The fourth-order valence-electron chi connectivity index (χ4n) is 1.69. The highest BCUT2D eigenvalue weighted by Gasteiger charge is 2.08. The summed E-state index contributed by atoms with van der Waals surface area (Å²) < 4.78 is 3.39. The van der Waals surface area contributed by atoms with Gasteiger partial charge in [-0.25, -0.2) is 9.97 Å². The van der Waals surface area contributed by atoms with E-state index in [1.54, 1.807) is 13.2 Å². The second-order valence-corrected chi connectivity index (χ2v) is 4.18. The van der Waals surface area contributed by atoms with Crippen molar-refractivity contribution in [3.05, 3.63) is 30.9 Å². The topological polar surface area (TPSA) is 111 Å². The zero-order chi connectivity index (χ0) is 14.7. The maximum Gasteiger partial charge on any atom is 0.258 e. The highest BCUT2D eigenvalue weighted by atomic mass is 15.4. The van der Waals surface area contributed by atoms with Crippen molar-refractivity contribution in [2.75, 3.05) is 17.7 Å². The SMILES string of the molecule is CNc1nc(NCc2nccn2C)nc(-n2cncn2)n1. The van der Waals surface area contributed by atoms with E-state index < -0.39 is 0 Å². The highest BCUT2D eigenvalue weighted by Crippen LogP contribution is 2.08. The van der Waals surface area contributed by atoms with Crippen LogP contribution in [0.4, 0.5) is 11.9 Å². The summed E-state index contributed by atoms with van der Waals surface area (Å²) >= 11 is 0. The molecule has 0 aliphatic heterocycles. The third kappa shape index (κ3) is 2.78. The third-order valence-electron chi connectivity index (χ3n) is 2.80. The first-order valence-electron chi connectivity index (χ1n) is 6.25. The molecule has 3 rings (SSSR count). The summed E-state index contributed by atoms with van der Waals surface area (Å²) in [7, 11) is 3.67. The van der Waals surface area contributed by atoms with E-state index in [4.69, 9.17) is 0 Å². The normalized spacial score (nSPS) is 10.6. The number of aryl methyl sites for hydroxylation is 1. The highest BCUT2D eigenvalue weighted by molar-refractivity contribution is 5.37. The zero-order valence-electron chi connectivity index (χ0n) is 11.6. The van der Waals surface area contributed by atoms with E-state index in [9.17, 15) is 0 Å².